The summed E-state index contributed by atoms with van der Waals surface area (Å²) in [6, 6.07) is 15.2. The van der Waals surface area contributed by atoms with E-state index in [0.717, 1.165) is 16.8 Å². The molecular formula is C16H15NO2. The van der Waals surface area contributed by atoms with Gasteiger partial charge in [-0.3, -0.25) is 4.79 Å². The second-order valence-electron chi connectivity index (χ2n) is 4.70. The first-order valence-electron chi connectivity index (χ1n) is 6.22. The molecule has 3 heteroatoms. The molecule has 19 heavy (non-hydrogen) atoms. The van der Waals surface area contributed by atoms with Crippen LogP contribution in [0.1, 0.15) is 21.5 Å². The summed E-state index contributed by atoms with van der Waals surface area (Å²) in [4.78, 5) is 12.7. The lowest BCUT2D eigenvalue weighted by molar-refractivity contribution is 0.0194. The first-order chi connectivity index (χ1) is 9.19. The summed E-state index contributed by atoms with van der Waals surface area (Å²) in [5.74, 6) is -0.0418. The van der Waals surface area contributed by atoms with Crippen molar-refractivity contribution in [1.29, 1.82) is 0 Å². The summed E-state index contributed by atoms with van der Waals surface area (Å²) in [6.45, 7) is 1.98. The highest BCUT2D eigenvalue weighted by Crippen LogP contribution is 2.41. The molecule has 0 saturated heterocycles. The van der Waals surface area contributed by atoms with Gasteiger partial charge in [0.1, 0.15) is 0 Å². The van der Waals surface area contributed by atoms with E-state index in [9.17, 15) is 4.79 Å². The minimum atomic E-state index is -1.10. The van der Waals surface area contributed by atoms with Crippen LogP contribution in [-0.4, -0.2) is 12.9 Å². The maximum atomic E-state index is 12.7. The largest absolute Gasteiger partial charge is 0.348 e. The molecule has 96 valence electrons. The zero-order valence-corrected chi connectivity index (χ0v) is 10.9. The van der Waals surface area contributed by atoms with Gasteiger partial charge in [-0.15, -0.1) is 0 Å². The number of methoxy groups -OCH3 is 1. The van der Waals surface area contributed by atoms with Crippen LogP contribution in [0.2, 0.25) is 0 Å². The van der Waals surface area contributed by atoms with Crippen LogP contribution in [0, 0.1) is 6.92 Å². The zero-order valence-electron chi connectivity index (χ0n) is 10.9. The van der Waals surface area contributed by atoms with Gasteiger partial charge in [0.15, 0.2) is 0 Å². The summed E-state index contributed by atoms with van der Waals surface area (Å²) in [7, 11) is 1.55. The Morgan fingerprint density at radius 2 is 1.79 bits per heavy atom. The molecular weight excluding hydrogens is 238 g/mol. The first-order valence-corrected chi connectivity index (χ1v) is 6.22. The quantitative estimate of drug-likeness (QED) is 0.893. The monoisotopic (exact) mass is 253 g/mol. The summed E-state index contributed by atoms with van der Waals surface area (Å²) < 4.78 is 5.57. The van der Waals surface area contributed by atoms with Crippen molar-refractivity contribution in [2.45, 2.75) is 12.6 Å². The van der Waals surface area contributed by atoms with Gasteiger partial charge in [-0.2, -0.15) is 0 Å². The molecule has 1 heterocycles. The molecule has 0 aromatic heterocycles. The van der Waals surface area contributed by atoms with E-state index in [1.54, 1.807) is 7.11 Å². The number of benzene rings is 2. The Balaban J connectivity index is 2.18. The van der Waals surface area contributed by atoms with E-state index < -0.39 is 5.72 Å². The summed E-state index contributed by atoms with van der Waals surface area (Å²) in [6.07, 6.45) is 0. The van der Waals surface area contributed by atoms with Gasteiger partial charge in [0.25, 0.3) is 0 Å². The smallest absolute Gasteiger partial charge is 0.230 e. The maximum absolute atomic E-state index is 12.7. The van der Waals surface area contributed by atoms with Crippen molar-refractivity contribution in [2.24, 2.45) is 0 Å². The van der Waals surface area contributed by atoms with E-state index in [0.29, 0.717) is 5.56 Å². The molecule has 0 aliphatic carbocycles. The highest BCUT2D eigenvalue weighted by Gasteiger charge is 2.47. The fraction of sp³-hybridized carbons (Fsp3) is 0.188. The third kappa shape index (κ3) is 1.59. The van der Waals surface area contributed by atoms with Crippen molar-refractivity contribution in [3.05, 3.63) is 65.2 Å². The van der Waals surface area contributed by atoms with Crippen LogP contribution in [-0.2, 0) is 10.5 Å². The molecule has 3 rings (SSSR count). The number of ether oxygens (including phenoxy) is 1. The highest BCUT2D eigenvalue weighted by molar-refractivity contribution is 6.13. The highest BCUT2D eigenvalue weighted by atomic mass is 16.5. The number of anilines is 1. The molecule has 0 spiro atoms. The lowest BCUT2D eigenvalue weighted by Gasteiger charge is -2.27. The molecule has 1 N–H and O–H groups in total. The number of fused-ring (bicyclic) bond motifs is 1. The average Bonchev–Trinajstić information content (AvgIpc) is 2.76. The molecule has 1 aliphatic rings. The number of carbonyl (C=O) groups is 1. The van der Waals surface area contributed by atoms with Crippen molar-refractivity contribution in [3.63, 3.8) is 0 Å². The van der Waals surface area contributed by atoms with Gasteiger partial charge in [-0.25, -0.2) is 0 Å². The molecule has 2 aromatic carbocycles. The normalized spacial score (nSPS) is 21.1. The standard InChI is InChI=1S/C16H15NO2/c1-11-7-6-10-13-14(11)17-16(19-2,15(13)18)12-8-4-3-5-9-12/h3-10,17H,1-2H3. The minimum Gasteiger partial charge on any atom is -0.348 e. The van der Waals surface area contributed by atoms with Crippen molar-refractivity contribution in [3.8, 4) is 0 Å². The molecule has 1 atom stereocenters. The zero-order chi connectivity index (χ0) is 13.5. The van der Waals surface area contributed by atoms with Crippen LogP contribution in [0.5, 0.6) is 0 Å². The summed E-state index contributed by atoms with van der Waals surface area (Å²) in [5, 5.41) is 3.26. The van der Waals surface area contributed by atoms with Crippen molar-refractivity contribution in [2.75, 3.05) is 12.4 Å². The lowest BCUT2D eigenvalue weighted by Crippen LogP contribution is -2.40. The summed E-state index contributed by atoms with van der Waals surface area (Å²) >= 11 is 0. The molecule has 1 aliphatic heterocycles. The molecule has 3 nitrogen and oxygen atoms in total. The van der Waals surface area contributed by atoms with Crippen LogP contribution in [0.15, 0.2) is 48.5 Å². The third-order valence-electron chi connectivity index (χ3n) is 3.62. The summed E-state index contributed by atoms with van der Waals surface area (Å²) in [5.41, 5.74) is 2.30. The molecule has 0 radical (unpaired) electrons. The van der Waals surface area contributed by atoms with Crippen molar-refractivity contribution in [1.82, 2.24) is 0 Å². The van der Waals surface area contributed by atoms with Crippen LogP contribution >= 0.6 is 0 Å². The van der Waals surface area contributed by atoms with Gasteiger partial charge in [-0.05, 0) is 18.6 Å². The molecule has 0 fully saturated rings. The number of hydrogen-bond acceptors (Lipinski definition) is 3. The van der Waals surface area contributed by atoms with Gasteiger partial charge < -0.3 is 10.1 Å². The fourth-order valence-electron chi connectivity index (χ4n) is 2.58. The van der Waals surface area contributed by atoms with E-state index in [2.05, 4.69) is 5.32 Å². The number of hydrogen-bond donors (Lipinski definition) is 1. The topological polar surface area (TPSA) is 38.3 Å². The molecule has 0 amide bonds. The number of Topliss-reactive ketones (excluding diaryl/α,β-unsaturated/α-hetero) is 1. The second-order valence-corrected chi connectivity index (χ2v) is 4.70. The Bertz CT molecular complexity index is 636. The van der Waals surface area contributed by atoms with Gasteiger partial charge >= 0.3 is 0 Å². The fourth-order valence-corrected chi connectivity index (χ4v) is 2.58. The number of ketones is 1. The predicted molar refractivity (Wildman–Crippen MR) is 74.3 cm³/mol. The van der Waals surface area contributed by atoms with Gasteiger partial charge in [-0.1, -0.05) is 42.5 Å². The SMILES string of the molecule is COC1(c2ccccc2)Nc2c(C)cccc2C1=O. The van der Waals surface area contributed by atoms with Gasteiger partial charge in [0.2, 0.25) is 11.5 Å². The lowest BCUT2D eigenvalue weighted by atomic mass is 9.97. The number of nitrogens with one attached hydrogen (secondary N) is 1. The van der Waals surface area contributed by atoms with Crippen LogP contribution in [0.3, 0.4) is 0 Å². The number of carbonyl (C=O) groups excluding carboxylic acids is 1. The molecule has 2 aromatic rings. The van der Waals surface area contributed by atoms with Crippen molar-refractivity contribution < 1.29 is 9.53 Å². The van der Waals surface area contributed by atoms with E-state index >= 15 is 0 Å². The Morgan fingerprint density at radius 3 is 2.42 bits per heavy atom. The van der Waals surface area contributed by atoms with Gasteiger partial charge in [0.05, 0.1) is 5.69 Å². The van der Waals surface area contributed by atoms with E-state index in [1.165, 1.54) is 0 Å². The second kappa shape index (κ2) is 4.21. The van der Waals surface area contributed by atoms with Crippen molar-refractivity contribution >= 4 is 11.5 Å². The van der Waals surface area contributed by atoms with Crippen LogP contribution < -0.4 is 5.32 Å². The Kier molecular flexibility index (Phi) is 2.64. The molecule has 0 saturated carbocycles. The Hall–Kier alpha value is -2.13. The number of para-hydroxylation sites is 1. The minimum absolute atomic E-state index is 0.0418. The van der Waals surface area contributed by atoms with E-state index in [1.807, 2.05) is 55.5 Å². The predicted octanol–water partition coefficient (Wildman–Crippen LogP) is 3.10. The molecule has 1 unspecified atom stereocenters. The van der Waals surface area contributed by atoms with Crippen LogP contribution in [0.25, 0.3) is 0 Å². The first kappa shape index (κ1) is 11.9. The number of aryl methyl sites for hydroxylation is 1. The van der Waals surface area contributed by atoms with Crippen LogP contribution in [0.4, 0.5) is 5.69 Å². The third-order valence-corrected chi connectivity index (χ3v) is 3.62. The molecule has 0 bridgehead atoms. The van der Waals surface area contributed by atoms with Gasteiger partial charge in [0, 0.05) is 18.2 Å². The van der Waals surface area contributed by atoms with E-state index in [4.69, 9.17) is 4.74 Å². The number of rotatable bonds is 2. The maximum Gasteiger partial charge on any atom is 0.230 e. The Morgan fingerprint density at radius 1 is 1.05 bits per heavy atom. The Labute approximate surface area is 112 Å². The average molecular weight is 253 g/mol. The van der Waals surface area contributed by atoms with E-state index in [-0.39, 0.29) is 5.78 Å².